The van der Waals surface area contributed by atoms with Crippen molar-refractivity contribution in [2.45, 2.75) is 25.4 Å². The van der Waals surface area contributed by atoms with Gasteiger partial charge < -0.3 is 9.47 Å². The Kier molecular flexibility index (Phi) is 5.16. The van der Waals surface area contributed by atoms with Crippen molar-refractivity contribution < 1.29 is 9.47 Å². The van der Waals surface area contributed by atoms with Crippen molar-refractivity contribution in [3.8, 4) is 11.5 Å². The first-order chi connectivity index (χ1) is 12.7. The number of ether oxygens (including phenoxy) is 2. The Morgan fingerprint density at radius 2 is 2.04 bits per heavy atom. The third-order valence-corrected chi connectivity index (χ3v) is 6.90. The molecular formula is C20H21BrN2O2S. The van der Waals surface area contributed by atoms with Gasteiger partial charge in [0.25, 0.3) is 0 Å². The minimum absolute atomic E-state index is 0.382. The summed E-state index contributed by atoms with van der Waals surface area (Å²) in [5.41, 5.74) is 2.31. The Morgan fingerprint density at radius 1 is 1.19 bits per heavy atom. The zero-order chi connectivity index (χ0) is 18.1. The Morgan fingerprint density at radius 3 is 2.81 bits per heavy atom. The van der Waals surface area contributed by atoms with Crippen molar-refractivity contribution in [1.29, 1.82) is 0 Å². The molecule has 3 aromatic rings. The van der Waals surface area contributed by atoms with Crippen LogP contribution < -0.4 is 9.47 Å². The summed E-state index contributed by atoms with van der Waals surface area (Å²) in [5.74, 6) is 1.49. The third-order valence-electron chi connectivity index (χ3n) is 4.90. The lowest BCUT2D eigenvalue weighted by Gasteiger charge is -2.24. The van der Waals surface area contributed by atoms with Crippen LogP contribution in [-0.2, 0) is 6.54 Å². The zero-order valence-corrected chi connectivity index (χ0v) is 17.3. The normalized spacial score (nSPS) is 17.7. The molecule has 6 heteroatoms. The highest BCUT2D eigenvalue weighted by molar-refractivity contribution is 9.10. The number of benzene rings is 2. The number of para-hydroxylation sites is 1. The SMILES string of the molecule is COc1ccc(CN2CCCC2c2nc3ccccc3s2)c(Br)c1OC. The van der Waals surface area contributed by atoms with Crippen molar-refractivity contribution >= 4 is 37.5 Å². The zero-order valence-electron chi connectivity index (χ0n) is 14.9. The van der Waals surface area contributed by atoms with Gasteiger partial charge in [0.05, 0.1) is 35.0 Å². The van der Waals surface area contributed by atoms with Crippen LogP contribution in [0.3, 0.4) is 0 Å². The maximum Gasteiger partial charge on any atom is 0.175 e. The predicted molar refractivity (Wildman–Crippen MR) is 109 cm³/mol. The predicted octanol–water partition coefficient (Wildman–Crippen LogP) is 5.41. The number of likely N-dealkylation sites (tertiary alicyclic amines) is 1. The molecule has 4 rings (SSSR count). The molecule has 26 heavy (non-hydrogen) atoms. The fourth-order valence-electron chi connectivity index (χ4n) is 3.60. The minimum Gasteiger partial charge on any atom is -0.493 e. The minimum atomic E-state index is 0.382. The summed E-state index contributed by atoms with van der Waals surface area (Å²) in [4.78, 5) is 7.41. The van der Waals surface area contributed by atoms with E-state index in [0.717, 1.165) is 41.0 Å². The molecule has 2 aromatic carbocycles. The molecule has 0 amide bonds. The number of fused-ring (bicyclic) bond motifs is 1. The maximum atomic E-state index is 5.52. The van der Waals surface area contributed by atoms with Crippen LogP contribution in [0.4, 0.5) is 0 Å². The van der Waals surface area contributed by atoms with Crippen molar-refractivity contribution in [2.75, 3.05) is 20.8 Å². The van der Waals surface area contributed by atoms with Gasteiger partial charge in [-0.25, -0.2) is 4.98 Å². The molecule has 136 valence electrons. The van der Waals surface area contributed by atoms with Crippen LogP contribution >= 0.6 is 27.3 Å². The quantitative estimate of drug-likeness (QED) is 0.539. The number of thiazole rings is 1. The number of hydrogen-bond donors (Lipinski definition) is 0. The summed E-state index contributed by atoms with van der Waals surface area (Å²) in [6, 6.07) is 12.9. The topological polar surface area (TPSA) is 34.6 Å². The van der Waals surface area contributed by atoms with Gasteiger partial charge in [0.2, 0.25) is 0 Å². The molecule has 0 saturated carbocycles. The van der Waals surface area contributed by atoms with E-state index in [-0.39, 0.29) is 0 Å². The van der Waals surface area contributed by atoms with E-state index in [1.807, 2.05) is 17.4 Å². The maximum absolute atomic E-state index is 5.52. The van der Waals surface area contributed by atoms with Gasteiger partial charge in [-0.15, -0.1) is 11.3 Å². The molecule has 4 nitrogen and oxygen atoms in total. The second-order valence-electron chi connectivity index (χ2n) is 6.42. The van der Waals surface area contributed by atoms with E-state index in [9.17, 15) is 0 Å². The monoisotopic (exact) mass is 432 g/mol. The van der Waals surface area contributed by atoms with E-state index >= 15 is 0 Å². The van der Waals surface area contributed by atoms with E-state index in [1.165, 1.54) is 21.7 Å². The first kappa shape index (κ1) is 17.8. The van der Waals surface area contributed by atoms with E-state index in [4.69, 9.17) is 14.5 Å². The Labute approximate surface area is 165 Å². The first-order valence-corrected chi connectivity index (χ1v) is 10.3. The highest BCUT2D eigenvalue weighted by Crippen LogP contribution is 2.41. The van der Waals surface area contributed by atoms with Gasteiger partial charge in [0.1, 0.15) is 5.01 Å². The van der Waals surface area contributed by atoms with E-state index in [2.05, 4.69) is 51.2 Å². The summed E-state index contributed by atoms with van der Waals surface area (Å²) in [7, 11) is 3.33. The number of nitrogens with zero attached hydrogens (tertiary/aromatic N) is 2. The average molecular weight is 433 g/mol. The molecule has 1 aliphatic heterocycles. The fraction of sp³-hybridized carbons (Fsp3) is 0.350. The summed E-state index contributed by atoms with van der Waals surface area (Å²) >= 11 is 5.52. The second-order valence-corrected chi connectivity index (χ2v) is 8.28. The van der Waals surface area contributed by atoms with Gasteiger partial charge in [-0.1, -0.05) is 18.2 Å². The lowest BCUT2D eigenvalue weighted by Crippen LogP contribution is -2.23. The number of rotatable bonds is 5. The summed E-state index contributed by atoms with van der Waals surface area (Å²) in [6.45, 7) is 1.95. The Balaban J connectivity index is 1.61. The molecule has 1 unspecified atom stereocenters. The molecule has 1 aliphatic rings. The molecule has 1 fully saturated rings. The molecule has 0 bridgehead atoms. The number of aromatic nitrogens is 1. The van der Waals surface area contributed by atoms with Gasteiger partial charge in [0.15, 0.2) is 11.5 Å². The average Bonchev–Trinajstić information content (AvgIpc) is 3.29. The summed E-state index contributed by atoms with van der Waals surface area (Å²) < 4.78 is 13.1. The fourth-order valence-corrected chi connectivity index (χ4v) is 5.35. The van der Waals surface area contributed by atoms with Gasteiger partial charge in [-0.05, 0) is 59.1 Å². The molecular weight excluding hydrogens is 412 g/mol. The molecule has 1 saturated heterocycles. The van der Waals surface area contributed by atoms with Crippen LogP contribution in [0.2, 0.25) is 0 Å². The Hall–Kier alpha value is -1.63. The van der Waals surface area contributed by atoms with E-state index in [1.54, 1.807) is 14.2 Å². The molecule has 2 heterocycles. The standard InChI is InChI=1S/C20H21BrN2O2S/c1-24-16-10-9-13(18(21)19(16)25-2)12-23-11-5-7-15(23)20-22-14-6-3-4-8-17(14)26-20/h3-4,6,8-10,15H,5,7,11-12H2,1-2H3. The number of hydrogen-bond acceptors (Lipinski definition) is 5. The second kappa shape index (κ2) is 7.55. The molecule has 0 spiro atoms. The smallest absolute Gasteiger partial charge is 0.175 e. The molecule has 0 radical (unpaired) electrons. The van der Waals surface area contributed by atoms with Gasteiger partial charge in [0, 0.05) is 6.54 Å². The number of methoxy groups -OCH3 is 2. The highest BCUT2D eigenvalue weighted by Gasteiger charge is 2.29. The third kappa shape index (κ3) is 3.21. The van der Waals surface area contributed by atoms with Crippen molar-refractivity contribution in [1.82, 2.24) is 9.88 Å². The molecule has 0 N–H and O–H groups in total. The van der Waals surface area contributed by atoms with Crippen molar-refractivity contribution in [2.24, 2.45) is 0 Å². The van der Waals surface area contributed by atoms with Crippen LogP contribution in [0.1, 0.15) is 29.5 Å². The van der Waals surface area contributed by atoms with Gasteiger partial charge in [-0.3, -0.25) is 4.90 Å². The molecule has 0 aliphatic carbocycles. The summed E-state index contributed by atoms with van der Waals surface area (Å²) in [5, 5.41) is 1.22. The van der Waals surface area contributed by atoms with Crippen molar-refractivity contribution in [3.63, 3.8) is 0 Å². The highest BCUT2D eigenvalue weighted by atomic mass is 79.9. The molecule has 1 aromatic heterocycles. The van der Waals surface area contributed by atoms with Crippen LogP contribution in [0, 0.1) is 0 Å². The van der Waals surface area contributed by atoms with E-state index in [0.29, 0.717) is 6.04 Å². The van der Waals surface area contributed by atoms with Crippen LogP contribution in [0.25, 0.3) is 10.2 Å². The largest absolute Gasteiger partial charge is 0.493 e. The van der Waals surface area contributed by atoms with Gasteiger partial charge >= 0.3 is 0 Å². The Bertz CT molecular complexity index is 894. The van der Waals surface area contributed by atoms with Crippen LogP contribution in [0.5, 0.6) is 11.5 Å². The first-order valence-electron chi connectivity index (χ1n) is 8.70. The molecule has 1 atom stereocenters. The van der Waals surface area contributed by atoms with Gasteiger partial charge in [-0.2, -0.15) is 0 Å². The lowest BCUT2D eigenvalue weighted by atomic mass is 10.1. The van der Waals surface area contributed by atoms with Crippen molar-refractivity contribution in [3.05, 3.63) is 51.4 Å². The van der Waals surface area contributed by atoms with Crippen LogP contribution in [-0.4, -0.2) is 30.6 Å². The van der Waals surface area contributed by atoms with Crippen LogP contribution in [0.15, 0.2) is 40.9 Å². The lowest BCUT2D eigenvalue weighted by molar-refractivity contribution is 0.247. The number of halogens is 1. The summed E-state index contributed by atoms with van der Waals surface area (Å²) in [6.07, 6.45) is 2.36. The van der Waals surface area contributed by atoms with E-state index < -0.39 is 0 Å².